The highest BCUT2D eigenvalue weighted by Crippen LogP contribution is 2.37. The number of amides is 2. The van der Waals surface area contributed by atoms with Crippen molar-refractivity contribution in [2.75, 3.05) is 32.7 Å². The number of carbonyl (C=O) groups excluding carboxylic acids is 2. The molecule has 1 spiro atoms. The van der Waals surface area contributed by atoms with E-state index in [0.29, 0.717) is 11.8 Å². The van der Waals surface area contributed by atoms with Gasteiger partial charge >= 0.3 is 0 Å². The Labute approximate surface area is 145 Å². The van der Waals surface area contributed by atoms with Crippen LogP contribution in [0.25, 0.3) is 0 Å². The monoisotopic (exact) mass is 343 g/mol. The largest absolute Gasteiger partial charge is 0.341 e. The van der Waals surface area contributed by atoms with Crippen LogP contribution in [-0.2, 0) is 9.59 Å². The van der Waals surface area contributed by atoms with Crippen LogP contribution in [0.2, 0.25) is 0 Å². The lowest BCUT2D eigenvalue weighted by Gasteiger charge is -2.40. The maximum atomic E-state index is 12.8. The van der Waals surface area contributed by atoms with Crippen molar-refractivity contribution in [3.05, 3.63) is 0 Å². The number of likely N-dealkylation sites (tertiary alicyclic amines) is 2. The van der Waals surface area contributed by atoms with Gasteiger partial charge in [0.05, 0.1) is 0 Å². The third kappa shape index (κ3) is 3.82. The fourth-order valence-corrected chi connectivity index (χ4v) is 4.31. The summed E-state index contributed by atoms with van der Waals surface area (Å²) < 4.78 is 0. The van der Waals surface area contributed by atoms with E-state index in [1.54, 1.807) is 0 Å². The van der Waals surface area contributed by atoms with E-state index in [1.807, 2.05) is 16.7 Å². The molecule has 3 aliphatic rings. The normalized spacial score (nSPS) is 26.4. The molecule has 1 unspecified atom stereocenters. The van der Waals surface area contributed by atoms with E-state index in [0.717, 1.165) is 64.8 Å². The molecule has 0 radical (unpaired) electrons. The lowest BCUT2D eigenvalue weighted by Crippen LogP contribution is -2.51. The first-order valence-corrected chi connectivity index (χ1v) is 8.94. The minimum atomic E-state index is -0.185. The molecular formula is C17H30ClN3O2. The van der Waals surface area contributed by atoms with Crippen LogP contribution in [-0.4, -0.2) is 60.4 Å². The van der Waals surface area contributed by atoms with Crippen LogP contribution in [0.4, 0.5) is 0 Å². The summed E-state index contributed by atoms with van der Waals surface area (Å²) in [6.07, 6.45) is 6.71. The van der Waals surface area contributed by atoms with Gasteiger partial charge in [-0.05, 0) is 50.5 Å². The van der Waals surface area contributed by atoms with Gasteiger partial charge in [0.15, 0.2) is 0 Å². The Kier molecular flexibility index (Phi) is 6.32. The topological polar surface area (TPSA) is 52.7 Å². The van der Waals surface area contributed by atoms with Crippen LogP contribution < -0.4 is 5.32 Å². The molecule has 0 aromatic rings. The van der Waals surface area contributed by atoms with Crippen LogP contribution in [0.1, 0.15) is 51.9 Å². The zero-order chi connectivity index (χ0) is 15.6. The molecule has 3 heterocycles. The first kappa shape index (κ1) is 18.5. The number of rotatable bonds is 3. The maximum Gasteiger partial charge on any atom is 0.245 e. The average molecular weight is 344 g/mol. The first-order chi connectivity index (χ1) is 10.7. The Morgan fingerprint density at radius 3 is 2.52 bits per heavy atom. The van der Waals surface area contributed by atoms with Crippen molar-refractivity contribution in [1.82, 2.24) is 15.1 Å². The SMILES string of the molecule is CCCC(=O)N1CCCC1C(=O)N1CCC2(CCNC2)CC1.Cl. The lowest BCUT2D eigenvalue weighted by molar-refractivity contribution is -0.145. The van der Waals surface area contributed by atoms with Crippen molar-refractivity contribution in [3.63, 3.8) is 0 Å². The van der Waals surface area contributed by atoms with Gasteiger partial charge in [-0.15, -0.1) is 12.4 Å². The summed E-state index contributed by atoms with van der Waals surface area (Å²) in [5.74, 6) is 0.356. The molecule has 0 aromatic carbocycles. The van der Waals surface area contributed by atoms with E-state index < -0.39 is 0 Å². The molecule has 23 heavy (non-hydrogen) atoms. The van der Waals surface area contributed by atoms with E-state index in [4.69, 9.17) is 0 Å². The van der Waals surface area contributed by atoms with Gasteiger partial charge in [-0.2, -0.15) is 0 Å². The summed E-state index contributed by atoms with van der Waals surface area (Å²) >= 11 is 0. The van der Waals surface area contributed by atoms with Gasteiger partial charge in [-0.1, -0.05) is 6.92 Å². The predicted molar refractivity (Wildman–Crippen MR) is 92.6 cm³/mol. The molecule has 0 aromatic heterocycles. The van der Waals surface area contributed by atoms with Crippen LogP contribution in [0.15, 0.2) is 0 Å². The number of piperidine rings is 1. The summed E-state index contributed by atoms with van der Waals surface area (Å²) in [5, 5.41) is 3.46. The second-order valence-electron chi connectivity index (χ2n) is 7.25. The van der Waals surface area contributed by atoms with Gasteiger partial charge in [-0.3, -0.25) is 9.59 Å². The highest BCUT2D eigenvalue weighted by Gasteiger charge is 2.41. The molecular weight excluding hydrogens is 314 g/mol. The summed E-state index contributed by atoms with van der Waals surface area (Å²) in [7, 11) is 0. The fraction of sp³-hybridized carbons (Fsp3) is 0.882. The quantitative estimate of drug-likeness (QED) is 0.850. The predicted octanol–water partition coefficient (Wildman–Crippen LogP) is 1.80. The Morgan fingerprint density at radius 2 is 1.91 bits per heavy atom. The molecule has 1 N–H and O–H groups in total. The number of carbonyl (C=O) groups is 2. The van der Waals surface area contributed by atoms with E-state index in [9.17, 15) is 9.59 Å². The van der Waals surface area contributed by atoms with Gasteiger partial charge in [0.25, 0.3) is 0 Å². The average Bonchev–Trinajstić information content (AvgIpc) is 3.17. The summed E-state index contributed by atoms with van der Waals surface area (Å²) in [6.45, 7) is 6.75. The molecule has 2 amide bonds. The summed E-state index contributed by atoms with van der Waals surface area (Å²) in [5.41, 5.74) is 0.435. The lowest BCUT2D eigenvalue weighted by atomic mass is 9.77. The van der Waals surface area contributed by atoms with Crippen molar-refractivity contribution >= 4 is 24.2 Å². The van der Waals surface area contributed by atoms with E-state index in [-0.39, 0.29) is 30.3 Å². The second-order valence-corrected chi connectivity index (χ2v) is 7.25. The number of halogens is 1. The highest BCUT2D eigenvalue weighted by atomic mass is 35.5. The molecule has 1 atom stereocenters. The van der Waals surface area contributed by atoms with Gasteiger partial charge < -0.3 is 15.1 Å². The number of nitrogens with zero attached hydrogens (tertiary/aromatic N) is 2. The van der Waals surface area contributed by atoms with E-state index >= 15 is 0 Å². The smallest absolute Gasteiger partial charge is 0.245 e. The van der Waals surface area contributed by atoms with Crippen molar-refractivity contribution in [2.24, 2.45) is 5.41 Å². The third-order valence-corrected chi connectivity index (χ3v) is 5.79. The van der Waals surface area contributed by atoms with Crippen LogP contribution in [0.5, 0.6) is 0 Å². The number of nitrogens with one attached hydrogen (secondary N) is 1. The molecule has 0 aliphatic carbocycles. The first-order valence-electron chi connectivity index (χ1n) is 8.94. The van der Waals surface area contributed by atoms with Gasteiger partial charge in [-0.25, -0.2) is 0 Å². The molecule has 0 bridgehead atoms. The standard InChI is InChI=1S/C17H29N3O2.ClH/c1-2-4-15(21)20-10-3-5-14(20)16(22)19-11-7-17(8-12-19)6-9-18-13-17;/h14,18H,2-13H2,1H3;1H. The summed E-state index contributed by atoms with van der Waals surface area (Å²) in [6, 6.07) is -0.185. The van der Waals surface area contributed by atoms with Gasteiger partial charge in [0.2, 0.25) is 11.8 Å². The Morgan fingerprint density at radius 1 is 1.17 bits per heavy atom. The molecule has 3 saturated heterocycles. The molecule has 3 aliphatic heterocycles. The zero-order valence-electron chi connectivity index (χ0n) is 14.2. The van der Waals surface area contributed by atoms with Crippen molar-refractivity contribution in [2.45, 2.75) is 57.9 Å². The van der Waals surface area contributed by atoms with E-state index in [1.165, 1.54) is 6.42 Å². The minimum absolute atomic E-state index is 0. The number of hydrogen-bond donors (Lipinski definition) is 1. The zero-order valence-corrected chi connectivity index (χ0v) is 15.0. The molecule has 132 valence electrons. The second kappa shape index (κ2) is 7.84. The van der Waals surface area contributed by atoms with E-state index in [2.05, 4.69) is 5.32 Å². The minimum Gasteiger partial charge on any atom is -0.341 e. The maximum absolute atomic E-state index is 12.8. The summed E-state index contributed by atoms with van der Waals surface area (Å²) in [4.78, 5) is 28.9. The van der Waals surface area contributed by atoms with Crippen molar-refractivity contribution < 1.29 is 9.59 Å². The Hall–Kier alpha value is -0.810. The Bertz CT molecular complexity index is 428. The van der Waals surface area contributed by atoms with Crippen LogP contribution >= 0.6 is 12.4 Å². The highest BCUT2D eigenvalue weighted by molar-refractivity contribution is 5.88. The van der Waals surface area contributed by atoms with Crippen LogP contribution in [0, 0.1) is 5.41 Å². The molecule has 0 saturated carbocycles. The van der Waals surface area contributed by atoms with Crippen molar-refractivity contribution in [3.8, 4) is 0 Å². The van der Waals surface area contributed by atoms with Gasteiger partial charge in [0.1, 0.15) is 6.04 Å². The molecule has 6 heteroatoms. The molecule has 5 nitrogen and oxygen atoms in total. The molecule has 3 fully saturated rings. The van der Waals surface area contributed by atoms with Gasteiger partial charge in [0, 0.05) is 32.6 Å². The third-order valence-electron chi connectivity index (χ3n) is 5.79. The van der Waals surface area contributed by atoms with Crippen LogP contribution in [0.3, 0.4) is 0 Å². The van der Waals surface area contributed by atoms with Crippen molar-refractivity contribution in [1.29, 1.82) is 0 Å². The fourth-order valence-electron chi connectivity index (χ4n) is 4.31. The Balaban J connectivity index is 0.00000192. The molecule has 3 rings (SSSR count). The number of hydrogen-bond acceptors (Lipinski definition) is 3.